The maximum Gasteiger partial charge on any atom is 0.399 e. The van der Waals surface area contributed by atoms with E-state index >= 15 is 0 Å². The first-order valence-electron chi connectivity index (χ1n) is 18.9. The van der Waals surface area contributed by atoms with Crippen LogP contribution in [0.1, 0.15) is 57.2 Å². The molecule has 304 valence electrons. The van der Waals surface area contributed by atoms with Gasteiger partial charge in [0.2, 0.25) is 11.8 Å². The van der Waals surface area contributed by atoms with Crippen molar-refractivity contribution >= 4 is 46.7 Å². The van der Waals surface area contributed by atoms with Gasteiger partial charge in [-0.05, 0) is 79.1 Å². The quantitative estimate of drug-likeness (QED) is 0.163. The van der Waals surface area contributed by atoms with Gasteiger partial charge in [0.1, 0.15) is 17.8 Å². The van der Waals surface area contributed by atoms with E-state index in [0.29, 0.717) is 55.9 Å². The zero-order valence-corrected chi connectivity index (χ0v) is 33.4. The summed E-state index contributed by atoms with van der Waals surface area (Å²) >= 11 is 1.00. The second kappa shape index (κ2) is 15.6. The fourth-order valence-electron chi connectivity index (χ4n) is 8.21. The molecule has 0 saturated carbocycles. The number of hydrogen-bond acceptors (Lipinski definition) is 9. The van der Waals surface area contributed by atoms with Crippen LogP contribution in [0, 0.1) is 6.92 Å². The number of fused-ring (bicyclic) bond motifs is 2. The highest BCUT2D eigenvalue weighted by Crippen LogP contribution is 2.59. The molecule has 2 aromatic carbocycles. The predicted molar refractivity (Wildman–Crippen MR) is 211 cm³/mol. The third-order valence-electron chi connectivity index (χ3n) is 11.3. The van der Waals surface area contributed by atoms with Gasteiger partial charge in [0, 0.05) is 73.5 Å². The highest BCUT2D eigenvalue weighted by molar-refractivity contribution is 7.52. The van der Waals surface area contributed by atoms with Gasteiger partial charge in [-0.3, -0.25) is 28.8 Å². The lowest BCUT2D eigenvalue weighted by molar-refractivity contribution is -0.150. The van der Waals surface area contributed by atoms with Gasteiger partial charge < -0.3 is 34.2 Å². The molecule has 0 bridgehead atoms. The summed E-state index contributed by atoms with van der Waals surface area (Å²) in [5.41, 5.74) is -1.65. The molecule has 5 aromatic rings. The number of imidazole rings is 1. The number of nitrogens with zero attached hydrogens (tertiary/aromatic N) is 6. The van der Waals surface area contributed by atoms with Crippen molar-refractivity contribution < 1.29 is 42.3 Å². The SMILES string of the molecule is COc1cc(CN2CC[C@H]3CC[C@@H](C(=O)N4CC(c5cccnc5)C4)N3C(=O)C(NC(=O)c3cc4cc(C(F)(F)P(=O)(O)O)ccc4s3)C2)ccc1-n1cnc(C)c1. The highest BCUT2D eigenvalue weighted by Gasteiger charge is 2.51. The first-order chi connectivity index (χ1) is 27.7. The van der Waals surface area contributed by atoms with E-state index in [1.165, 1.54) is 12.1 Å². The molecule has 3 aliphatic heterocycles. The Labute approximate surface area is 336 Å². The molecule has 1 unspecified atom stereocenters. The second-order valence-corrected chi connectivity index (χ2v) is 17.9. The van der Waals surface area contributed by atoms with Crippen molar-refractivity contribution in [2.75, 3.05) is 33.3 Å². The molecule has 6 heterocycles. The highest BCUT2D eigenvalue weighted by atomic mass is 32.1. The lowest BCUT2D eigenvalue weighted by Crippen LogP contribution is -2.62. The number of thiophene rings is 1. The van der Waals surface area contributed by atoms with E-state index in [4.69, 9.17) is 4.74 Å². The van der Waals surface area contributed by atoms with Crippen LogP contribution in [-0.2, 0) is 26.4 Å². The molecule has 0 radical (unpaired) electrons. The molecule has 3 amide bonds. The maximum atomic E-state index is 14.7. The van der Waals surface area contributed by atoms with Crippen LogP contribution in [0.4, 0.5) is 8.78 Å². The second-order valence-electron chi connectivity index (χ2n) is 15.1. The number of carbonyl (C=O) groups excluding carboxylic acids is 3. The van der Waals surface area contributed by atoms with Gasteiger partial charge >= 0.3 is 13.3 Å². The smallest absolute Gasteiger partial charge is 0.399 e. The number of methoxy groups -OCH3 is 1. The Kier molecular flexibility index (Phi) is 10.7. The van der Waals surface area contributed by atoms with Gasteiger partial charge in [0.25, 0.3) is 5.91 Å². The van der Waals surface area contributed by atoms with Crippen LogP contribution in [-0.4, -0.2) is 108 Å². The minimum Gasteiger partial charge on any atom is -0.495 e. The zero-order chi connectivity index (χ0) is 40.9. The summed E-state index contributed by atoms with van der Waals surface area (Å²) < 4.78 is 48.7. The van der Waals surface area contributed by atoms with E-state index in [0.717, 1.165) is 46.0 Å². The van der Waals surface area contributed by atoms with Crippen LogP contribution >= 0.6 is 18.9 Å². The van der Waals surface area contributed by atoms with E-state index in [1.807, 2.05) is 48.0 Å². The number of benzene rings is 2. The van der Waals surface area contributed by atoms with Crippen molar-refractivity contribution in [1.82, 2.24) is 34.6 Å². The molecule has 3 aromatic heterocycles. The van der Waals surface area contributed by atoms with E-state index in [-0.39, 0.29) is 40.6 Å². The van der Waals surface area contributed by atoms with Crippen molar-refractivity contribution in [3.8, 4) is 11.4 Å². The molecule has 3 atom stereocenters. The fraction of sp³-hybridized carbons (Fsp3) is 0.375. The first kappa shape index (κ1) is 39.8. The summed E-state index contributed by atoms with van der Waals surface area (Å²) in [4.78, 5) is 75.4. The molecule has 0 spiro atoms. The molecule has 3 fully saturated rings. The lowest BCUT2D eigenvalue weighted by atomic mass is 9.92. The van der Waals surface area contributed by atoms with Crippen LogP contribution in [0.2, 0.25) is 0 Å². The Hall–Kier alpha value is -5.06. The van der Waals surface area contributed by atoms with Crippen LogP contribution in [0.25, 0.3) is 15.8 Å². The van der Waals surface area contributed by atoms with E-state index in [1.54, 1.807) is 35.6 Å². The van der Waals surface area contributed by atoms with Crippen molar-refractivity contribution in [1.29, 1.82) is 0 Å². The van der Waals surface area contributed by atoms with Gasteiger partial charge in [-0.15, -0.1) is 11.3 Å². The van der Waals surface area contributed by atoms with E-state index in [9.17, 15) is 37.5 Å². The molecular weight excluding hydrogens is 792 g/mol. The van der Waals surface area contributed by atoms with Crippen molar-refractivity contribution in [2.24, 2.45) is 0 Å². The predicted octanol–water partition coefficient (Wildman–Crippen LogP) is 5.02. The van der Waals surface area contributed by atoms with Crippen LogP contribution in [0.5, 0.6) is 5.75 Å². The molecule has 8 rings (SSSR count). The van der Waals surface area contributed by atoms with E-state index in [2.05, 4.69) is 20.2 Å². The number of rotatable bonds is 10. The molecule has 58 heavy (non-hydrogen) atoms. The lowest BCUT2D eigenvalue weighted by Gasteiger charge is -2.44. The topological polar surface area (TPSA) is 170 Å². The molecular formula is C40H42F2N7O7PS. The van der Waals surface area contributed by atoms with Gasteiger partial charge in [-0.1, -0.05) is 18.2 Å². The van der Waals surface area contributed by atoms with Gasteiger partial charge in [0.05, 0.1) is 29.7 Å². The number of aromatic nitrogens is 3. The summed E-state index contributed by atoms with van der Waals surface area (Å²) in [6.07, 6.45) is 8.86. The average molecular weight is 834 g/mol. The monoisotopic (exact) mass is 833 g/mol. The number of aryl methyl sites for hydroxylation is 1. The van der Waals surface area contributed by atoms with Gasteiger partial charge in [-0.25, -0.2) is 4.98 Å². The minimum atomic E-state index is -5.81. The first-order valence-corrected chi connectivity index (χ1v) is 21.3. The molecule has 0 aliphatic carbocycles. The maximum absolute atomic E-state index is 14.7. The van der Waals surface area contributed by atoms with Gasteiger partial charge in [0.15, 0.2) is 0 Å². The molecule has 3 N–H and O–H groups in total. The number of pyridine rings is 1. The third kappa shape index (κ3) is 7.64. The Bertz CT molecular complexity index is 2420. The van der Waals surface area contributed by atoms with Crippen molar-refractivity contribution in [3.63, 3.8) is 0 Å². The number of hydrogen-bond donors (Lipinski definition) is 3. The Morgan fingerprint density at radius 3 is 2.59 bits per heavy atom. The van der Waals surface area contributed by atoms with Crippen LogP contribution < -0.4 is 10.1 Å². The summed E-state index contributed by atoms with van der Waals surface area (Å²) in [6, 6.07) is 12.2. The Morgan fingerprint density at radius 2 is 1.88 bits per heavy atom. The van der Waals surface area contributed by atoms with Crippen LogP contribution in [0.15, 0.2) is 79.5 Å². The normalized spacial score (nSPS) is 20.7. The van der Waals surface area contributed by atoms with Crippen LogP contribution in [0.3, 0.4) is 0 Å². The van der Waals surface area contributed by atoms with E-state index < -0.39 is 36.8 Å². The number of carbonyl (C=O) groups is 3. The number of alkyl halides is 2. The Balaban J connectivity index is 1.05. The standard InChI is InChI=1S/C40H42F2N7O7PS/c1-24-18-48(23-44-24)32-8-5-25(14-34(32)56-2)19-46-13-11-30-7-9-33(39(52)47-20-28(21-47)26-4-3-12-43-17-26)49(30)38(51)31(22-46)45-37(50)36-16-27-15-29(6-10-35(27)58-36)40(41,42)57(53,54)55/h3-6,8,10,12,14-18,23,28,30-31,33H,7,9,11,13,19-22H2,1-2H3,(H,45,50)(H2,53,54,55)/t30-,31?,33+/m1/s1. The molecule has 18 heteroatoms. The number of likely N-dealkylation sites (tertiary alicyclic amines) is 1. The number of ether oxygens (including phenoxy) is 1. The average Bonchev–Trinajstić information content (AvgIpc) is 3.93. The molecule has 14 nitrogen and oxygen atoms in total. The fourth-order valence-corrected chi connectivity index (χ4v) is 9.64. The minimum absolute atomic E-state index is 0.119. The van der Waals surface area contributed by atoms with Gasteiger partial charge in [-0.2, -0.15) is 8.78 Å². The number of nitrogens with one attached hydrogen (secondary N) is 1. The summed E-state index contributed by atoms with van der Waals surface area (Å²) in [6.45, 7) is 4.07. The Morgan fingerprint density at radius 1 is 1.07 bits per heavy atom. The zero-order valence-electron chi connectivity index (χ0n) is 31.7. The molecule has 3 aliphatic rings. The summed E-state index contributed by atoms with van der Waals surface area (Å²) in [5, 5.41) is 3.10. The third-order valence-corrected chi connectivity index (χ3v) is 13.4. The van der Waals surface area contributed by atoms with Crippen molar-refractivity contribution in [3.05, 3.63) is 107 Å². The molecule has 3 saturated heterocycles. The van der Waals surface area contributed by atoms with Crippen molar-refractivity contribution in [2.45, 2.75) is 62.4 Å². The number of amides is 3. The number of halogens is 2. The summed E-state index contributed by atoms with van der Waals surface area (Å²) in [5.74, 6) is -0.321. The summed E-state index contributed by atoms with van der Waals surface area (Å²) in [7, 11) is -4.22. The largest absolute Gasteiger partial charge is 0.495 e.